The van der Waals surface area contributed by atoms with Gasteiger partial charge in [-0.2, -0.15) is 0 Å². The predicted molar refractivity (Wildman–Crippen MR) is 102 cm³/mol. The lowest BCUT2D eigenvalue weighted by atomic mass is 9.94. The Morgan fingerprint density at radius 3 is 2.00 bits per heavy atom. The average Bonchev–Trinajstić information content (AvgIpc) is 2.67. The van der Waals surface area contributed by atoms with Crippen LogP contribution in [0.2, 0.25) is 0 Å². The Labute approximate surface area is 163 Å². The molecular formula is C18H15N5O6. The number of urea groups is 1. The molecule has 1 atom stereocenters. The molecule has 0 fully saturated rings. The number of carbonyl (C=O) groups excluding carboxylic acids is 2. The third kappa shape index (κ3) is 4.18. The number of carbonyl (C=O) groups is 2. The molecule has 3 N–H and O–H groups in total. The number of hydrogen-bond acceptors (Lipinski definition) is 6. The van der Waals surface area contributed by atoms with E-state index in [4.69, 9.17) is 0 Å². The molecule has 148 valence electrons. The van der Waals surface area contributed by atoms with E-state index in [0.29, 0.717) is 16.9 Å². The molecule has 29 heavy (non-hydrogen) atoms. The van der Waals surface area contributed by atoms with Gasteiger partial charge in [0, 0.05) is 35.6 Å². The van der Waals surface area contributed by atoms with Gasteiger partial charge in [-0.1, -0.05) is 0 Å². The molecule has 0 bridgehead atoms. The fourth-order valence-electron chi connectivity index (χ4n) is 2.90. The molecule has 1 heterocycles. The Hall–Kier alpha value is -4.28. The number of amides is 3. The fraction of sp³-hybridized carbons (Fsp3) is 0.111. The molecule has 0 radical (unpaired) electrons. The summed E-state index contributed by atoms with van der Waals surface area (Å²) in [7, 11) is 0. The number of hydrogen-bond donors (Lipinski definition) is 3. The van der Waals surface area contributed by atoms with Gasteiger partial charge in [0.2, 0.25) is 0 Å². The molecule has 11 heteroatoms. The number of nitrogens with zero attached hydrogens (tertiary/aromatic N) is 2. The van der Waals surface area contributed by atoms with Crippen LogP contribution in [-0.4, -0.2) is 21.8 Å². The topological polar surface area (TPSA) is 157 Å². The summed E-state index contributed by atoms with van der Waals surface area (Å²) in [6.07, 6.45) is 0. The van der Waals surface area contributed by atoms with Crippen molar-refractivity contribution < 1.29 is 19.4 Å². The largest absolute Gasteiger partial charge is 0.327 e. The first kappa shape index (κ1) is 19.5. The van der Waals surface area contributed by atoms with Crippen molar-refractivity contribution in [1.29, 1.82) is 0 Å². The van der Waals surface area contributed by atoms with E-state index in [1.54, 1.807) is 6.92 Å². The Balaban J connectivity index is 1.89. The first-order chi connectivity index (χ1) is 13.8. The number of allylic oxidation sites excluding steroid dienone is 1. The van der Waals surface area contributed by atoms with E-state index in [1.165, 1.54) is 48.5 Å². The molecule has 0 saturated heterocycles. The first-order valence-corrected chi connectivity index (χ1v) is 8.34. The van der Waals surface area contributed by atoms with Gasteiger partial charge in [0.25, 0.3) is 17.3 Å². The molecule has 1 aliphatic rings. The van der Waals surface area contributed by atoms with E-state index >= 15 is 0 Å². The van der Waals surface area contributed by atoms with Gasteiger partial charge in [-0.15, -0.1) is 0 Å². The quantitative estimate of drug-likeness (QED) is 0.520. The van der Waals surface area contributed by atoms with E-state index in [0.717, 1.165) is 0 Å². The standard InChI is InChI=1S/C18H15N5O6/c1-10-15(17(24)20-12-4-8-14(9-5-12)23(28)29)16(21-18(25)19-10)11-2-6-13(7-3-11)22(26)27/h2-9,16H,1H3,(H,20,24)(H2,19,21,25)/t16-/m1/s1. The van der Waals surface area contributed by atoms with Gasteiger partial charge in [0.05, 0.1) is 21.5 Å². The van der Waals surface area contributed by atoms with Crippen molar-refractivity contribution in [2.24, 2.45) is 0 Å². The fourth-order valence-corrected chi connectivity index (χ4v) is 2.90. The zero-order chi connectivity index (χ0) is 21.1. The Bertz CT molecular complexity index is 1030. The summed E-state index contributed by atoms with van der Waals surface area (Å²) >= 11 is 0. The van der Waals surface area contributed by atoms with E-state index in [1.807, 2.05) is 0 Å². The van der Waals surface area contributed by atoms with Crippen LogP contribution in [0.4, 0.5) is 21.9 Å². The molecule has 3 amide bonds. The van der Waals surface area contributed by atoms with Gasteiger partial charge in [-0.25, -0.2) is 4.79 Å². The second-order valence-corrected chi connectivity index (χ2v) is 6.18. The number of nitro groups is 2. The summed E-state index contributed by atoms with van der Waals surface area (Å²) in [5.74, 6) is -0.535. The first-order valence-electron chi connectivity index (χ1n) is 8.34. The maximum absolute atomic E-state index is 12.9. The molecule has 0 aromatic heterocycles. The second-order valence-electron chi connectivity index (χ2n) is 6.18. The van der Waals surface area contributed by atoms with Crippen molar-refractivity contribution in [3.8, 4) is 0 Å². The highest BCUT2D eigenvalue weighted by atomic mass is 16.6. The summed E-state index contributed by atoms with van der Waals surface area (Å²) in [5, 5.41) is 29.4. The van der Waals surface area contributed by atoms with E-state index in [9.17, 15) is 29.8 Å². The number of rotatable bonds is 5. The van der Waals surface area contributed by atoms with Crippen LogP contribution < -0.4 is 16.0 Å². The van der Waals surface area contributed by atoms with Crippen LogP contribution in [0.15, 0.2) is 59.8 Å². The maximum Gasteiger partial charge on any atom is 0.319 e. The predicted octanol–water partition coefficient (Wildman–Crippen LogP) is 2.77. The molecule has 0 spiro atoms. The van der Waals surface area contributed by atoms with Crippen LogP contribution in [0.5, 0.6) is 0 Å². The van der Waals surface area contributed by atoms with E-state index in [2.05, 4.69) is 16.0 Å². The number of nitro benzene ring substituents is 2. The van der Waals surface area contributed by atoms with Crippen molar-refractivity contribution in [2.45, 2.75) is 13.0 Å². The summed E-state index contributed by atoms with van der Waals surface area (Å²) in [6, 6.07) is 9.43. The Morgan fingerprint density at radius 1 is 0.966 bits per heavy atom. The van der Waals surface area contributed by atoms with Gasteiger partial charge in [0.15, 0.2) is 0 Å². The summed E-state index contributed by atoms with van der Waals surface area (Å²) < 4.78 is 0. The van der Waals surface area contributed by atoms with Crippen molar-refractivity contribution in [3.05, 3.63) is 85.6 Å². The monoisotopic (exact) mass is 397 g/mol. The molecule has 11 nitrogen and oxygen atoms in total. The Morgan fingerprint density at radius 2 is 1.48 bits per heavy atom. The molecule has 0 saturated carbocycles. The highest BCUT2D eigenvalue weighted by molar-refractivity contribution is 6.06. The van der Waals surface area contributed by atoms with Crippen LogP contribution in [0.1, 0.15) is 18.5 Å². The molecule has 1 aliphatic heterocycles. The van der Waals surface area contributed by atoms with Crippen molar-refractivity contribution in [3.63, 3.8) is 0 Å². The summed E-state index contributed by atoms with van der Waals surface area (Å²) in [6.45, 7) is 1.56. The van der Waals surface area contributed by atoms with Crippen LogP contribution in [0.3, 0.4) is 0 Å². The lowest BCUT2D eigenvalue weighted by Gasteiger charge is -2.28. The van der Waals surface area contributed by atoms with Crippen molar-refractivity contribution in [1.82, 2.24) is 10.6 Å². The number of benzene rings is 2. The van der Waals surface area contributed by atoms with Gasteiger partial charge in [-0.05, 0) is 36.8 Å². The average molecular weight is 397 g/mol. The number of nitrogens with one attached hydrogen (secondary N) is 3. The Kier molecular flexibility index (Phi) is 5.21. The third-order valence-corrected chi connectivity index (χ3v) is 4.29. The molecule has 2 aromatic rings. The highest BCUT2D eigenvalue weighted by Crippen LogP contribution is 2.29. The van der Waals surface area contributed by atoms with Crippen LogP contribution in [0, 0.1) is 20.2 Å². The third-order valence-electron chi connectivity index (χ3n) is 4.29. The zero-order valence-electron chi connectivity index (χ0n) is 15.0. The number of non-ortho nitro benzene ring substituents is 2. The number of anilines is 1. The smallest absolute Gasteiger partial charge is 0.319 e. The van der Waals surface area contributed by atoms with Crippen LogP contribution in [-0.2, 0) is 4.79 Å². The molecule has 3 rings (SSSR count). The van der Waals surface area contributed by atoms with Crippen molar-refractivity contribution in [2.75, 3.05) is 5.32 Å². The van der Waals surface area contributed by atoms with Crippen molar-refractivity contribution >= 4 is 29.0 Å². The molecular weight excluding hydrogens is 382 g/mol. The minimum Gasteiger partial charge on any atom is -0.327 e. The molecule has 2 aromatic carbocycles. The van der Waals surface area contributed by atoms with Gasteiger partial charge in [0.1, 0.15) is 0 Å². The van der Waals surface area contributed by atoms with Gasteiger partial charge in [-0.3, -0.25) is 25.0 Å². The molecule has 0 unspecified atom stereocenters. The van der Waals surface area contributed by atoms with Gasteiger partial charge < -0.3 is 16.0 Å². The second kappa shape index (κ2) is 7.76. The van der Waals surface area contributed by atoms with E-state index < -0.39 is 27.8 Å². The minimum atomic E-state index is -0.831. The maximum atomic E-state index is 12.9. The lowest BCUT2D eigenvalue weighted by molar-refractivity contribution is -0.385. The lowest BCUT2D eigenvalue weighted by Crippen LogP contribution is -2.45. The summed E-state index contributed by atoms with van der Waals surface area (Å²) in [4.78, 5) is 45.2. The van der Waals surface area contributed by atoms with Crippen LogP contribution >= 0.6 is 0 Å². The highest BCUT2D eigenvalue weighted by Gasteiger charge is 2.31. The van der Waals surface area contributed by atoms with Gasteiger partial charge >= 0.3 is 6.03 Å². The normalized spacial score (nSPS) is 15.9. The molecule has 0 aliphatic carbocycles. The minimum absolute atomic E-state index is 0.117. The summed E-state index contributed by atoms with van der Waals surface area (Å²) in [5.41, 5.74) is 1.10. The van der Waals surface area contributed by atoms with E-state index in [-0.39, 0.29) is 16.9 Å². The van der Waals surface area contributed by atoms with Crippen LogP contribution in [0.25, 0.3) is 0 Å². The zero-order valence-corrected chi connectivity index (χ0v) is 15.0. The SMILES string of the molecule is CC1=C(C(=O)Nc2ccc([N+](=O)[O-])cc2)[C@@H](c2ccc([N+](=O)[O-])cc2)NC(=O)N1.